The number of hydrogen-bond donors (Lipinski definition) is 0. The maximum atomic E-state index is 11.3. The smallest absolute Gasteiger partial charge is 0.306 e. The van der Waals surface area contributed by atoms with Crippen molar-refractivity contribution in [1.82, 2.24) is 0 Å². The number of rotatable bonds is 7. The van der Waals surface area contributed by atoms with Gasteiger partial charge in [0.05, 0.1) is 20.6 Å². The predicted octanol–water partition coefficient (Wildman–Crippen LogP) is 3.27. The van der Waals surface area contributed by atoms with Crippen molar-refractivity contribution in [3.05, 3.63) is 29.8 Å². The number of carbonyl (C=O) groups excluding carboxylic acids is 1. The van der Waals surface area contributed by atoms with Gasteiger partial charge < -0.3 is 9.47 Å². The minimum Gasteiger partial charge on any atom is -0.497 e. The fourth-order valence-corrected chi connectivity index (χ4v) is 3.39. The zero-order valence-electron chi connectivity index (χ0n) is 11.5. The van der Waals surface area contributed by atoms with E-state index < -0.39 is 0 Å². The van der Waals surface area contributed by atoms with Crippen LogP contribution in [0, 0.1) is 5.41 Å². The second-order valence-corrected chi connectivity index (χ2v) is 6.08. The second-order valence-electron chi connectivity index (χ2n) is 5.09. The third-order valence-electron chi connectivity index (χ3n) is 3.54. The van der Waals surface area contributed by atoms with Crippen LogP contribution < -0.4 is 4.74 Å². The van der Waals surface area contributed by atoms with Crippen LogP contribution in [-0.2, 0) is 15.3 Å². The average molecular weight is 280 g/mol. The molecule has 1 saturated carbocycles. The molecule has 0 N–H and O–H groups in total. The number of esters is 1. The second kappa shape index (κ2) is 6.33. The van der Waals surface area contributed by atoms with E-state index >= 15 is 0 Å². The van der Waals surface area contributed by atoms with Crippen molar-refractivity contribution in [3.63, 3.8) is 0 Å². The van der Waals surface area contributed by atoms with E-state index in [9.17, 15) is 4.79 Å². The Hall–Kier alpha value is -1.16. The zero-order valence-corrected chi connectivity index (χ0v) is 12.3. The van der Waals surface area contributed by atoms with E-state index in [0.717, 1.165) is 30.1 Å². The molecule has 0 saturated heterocycles. The van der Waals surface area contributed by atoms with E-state index in [2.05, 4.69) is 12.1 Å². The summed E-state index contributed by atoms with van der Waals surface area (Å²) in [6.07, 6.45) is 2.87. The average Bonchev–Trinajstić information content (AvgIpc) is 3.19. The van der Waals surface area contributed by atoms with Gasteiger partial charge in [0.1, 0.15) is 5.75 Å². The highest BCUT2D eigenvalue weighted by atomic mass is 32.2. The van der Waals surface area contributed by atoms with Crippen LogP contribution >= 0.6 is 11.8 Å². The molecule has 1 fully saturated rings. The molecule has 2 rings (SSSR count). The van der Waals surface area contributed by atoms with Gasteiger partial charge in [-0.1, -0.05) is 12.1 Å². The number of carbonyl (C=O) groups is 1. The maximum absolute atomic E-state index is 11.3. The van der Waals surface area contributed by atoms with Crippen molar-refractivity contribution in [1.29, 1.82) is 0 Å². The normalized spacial score (nSPS) is 15.9. The van der Waals surface area contributed by atoms with Crippen molar-refractivity contribution < 1.29 is 14.3 Å². The fraction of sp³-hybridized carbons (Fsp3) is 0.533. The standard InChI is InChI=1S/C15H20O3S/c1-17-13-5-3-12(4-6-13)10-19-11-15(7-8-15)9-14(16)18-2/h3-6H,7-11H2,1-2H3. The monoisotopic (exact) mass is 280 g/mol. The number of ether oxygens (including phenoxy) is 2. The lowest BCUT2D eigenvalue weighted by molar-refractivity contribution is -0.141. The molecule has 1 aromatic rings. The fourth-order valence-electron chi connectivity index (χ4n) is 2.03. The molecule has 1 aromatic carbocycles. The third-order valence-corrected chi connectivity index (χ3v) is 4.89. The molecule has 1 aliphatic carbocycles. The van der Waals surface area contributed by atoms with Crippen LogP contribution in [0.4, 0.5) is 0 Å². The van der Waals surface area contributed by atoms with Crippen molar-refractivity contribution >= 4 is 17.7 Å². The predicted molar refractivity (Wildman–Crippen MR) is 77.5 cm³/mol. The summed E-state index contributed by atoms with van der Waals surface area (Å²) in [4.78, 5) is 11.3. The highest BCUT2D eigenvalue weighted by Gasteiger charge is 2.44. The SMILES string of the molecule is COC(=O)CC1(CSCc2ccc(OC)cc2)CC1. The summed E-state index contributed by atoms with van der Waals surface area (Å²) in [5, 5.41) is 0. The van der Waals surface area contributed by atoms with E-state index in [1.807, 2.05) is 23.9 Å². The first kappa shape index (κ1) is 14.3. The van der Waals surface area contributed by atoms with Gasteiger partial charge in [0.2, 0.25) is 0 Å². The van der Waals surface area contributed by atoms with Crippen molar-refractivity contribution in [2.24, 2.45) is 5.41 Å². The van der Waals surface area contributed by atoms with Gasteiger partial charge in [-0.05, 0) is 41.7 Å². The van der Waals surface area contributed by atoms with Gasteiger partial charge >= 0.3 is 5.97 Å². The minimum atomic E-state index is -0.0810. The Balaban J connectivity index is 1.75. The van der Waals surface area contributed by atoms with E-state index in [4.69, 9.17) is 9.47 Å². The zero-order chi connectivity index (χ0) is 13.7. The van der Waals surface area contributed by atoms with Crippen molar-refractivity contribution in [3.8, 4) is 5.75 Å². The Morgan fingerprint density at radius 2 is 1.95 bits per heavy atom. The molecule has 0 bridgehead atoms. The van der Waals surface area contributed by atoms with Gasteiger partial charge in [-0.3, -0.25) is 4.79 Å². The molecule has 0 aliphatic heterocycles. The first-order valence-corrected chi connectivity index (χ1v) is 7.60. The van der Waals surface area contributed by atoms with Gasteiger partial charge in [0.25, 0.3) is 0 Å². The molecule has 0 spiro atoms. The molecular weight excluding hydrogens is 260 g/mol. The highest BCUT2D eigenvalue weighted by Crippen LogP contribution is 2.51. The molecule has 1 aliphatic rings. The Morgan fingerprint density at radius 3 is 2.47 bits per heavy atom. The quantitative estimate of drug-likeness (QED) is 0.718. The van der Waals surface area contributed by atoms with Gasteiger partial charge in [-0.25, -0.2) is 0 Å². The summed E-state index contributed by atoms with van der Waals surface area (Å²) in [5.74, 6) is 2.82. The number of benzene rings is 1. The summed E-state index contributed by atoms with van der Waals surface area (Å²) in [6, 6.07) is 8.14. The summed E-state index contributed by atoms with van der Waals surface area (Å²) in [5.41, 5.74) is 1.50. The summed E-state index contributed by atoms with van der Waals surface area (Å²) < 4.78 is 9.89. The highest BCUT2D eigenvalue weighted by molar-refractivity contribution is 7.98. The Bertz CT molecular complexity index is 424. The Kier molecular flexibility index (Phi) is 4.75. The van der Waals surface area contributed by atoms with E-state index in [1.54, 1.807) is 7.11 Å². The molecule has 19 heavy (non-hydrogen) atoms. The molecule has 0 atom stereocenters. The minimum absolute atomic E-state index is 0.0810. The number of thioether (sulfide) groups is 1. The van der Waals surface area contributed by atoms with Crippen molar-refractivity contribution in [2.75, 3.05) is 20.0 Å². The molecule has 0 heterocycles. The van der Waals surface area contributed by atoms with Gasteiger partial charge in [-0.15, -0.1) is 0 Å². The lowest BCUT2D eigenvalue weighted by atomic mass is 10.1. The first-order chi connectivity index (χ1) is 9.17. The Labute approximate surface area is 118 Å². The topological polar surface area (TPSA) is 35.5 Å². The van der Waals surface area contributed by atoms with Crippen LogP contribution in [0.25, 0.3) is 0 Å². The molecule has 0 unspecified atom stereocenters. The summed E-state index contributed by atoms with van der Waals surface area (Å²) >= 11 is 1.89. The number of methoxy groups -OCH3 is 2. The van der Waals surface area contributed by atoms with Gasteiger partial charge in [0, 0.05) is 5.75 Å². The molecule has 4 heteroatoms. The number of hydrogen-bond acceptors (Lipinski definition) is 4. The largest absolute Gasteiger partial charge is 0.497 e. The maximum Gasteiger partial charge on any atom is 0.306 e. The van der Waals surface area contributed by atoms with E-state index in [0.29, 0.717) is 6.42 Å². The molecule has 0 aromatic heterocycles. The third kappa shape index (κ3) is 4.16. The lowest BCUT2D eigenvalue weighted by Gasteiger charge is -2.13. The van der Waals surface area contributed by atoms with Crippen molar-refractivity contribution in [2.45, 2.75) is 25.0 Å². The summed E-state index contributed by atoms with van der Waals surface area (Å²) in [6.45, 7) is 0. The van der Waals surface area contributed by atoms with Gasteiger partial charge in [-0.2, -0.15) is 11.8 Å². The van der Waals surface area contributed by atoms with E-state index in [-0.39, 0.29) is 11.4 Å². The molecule has 0 amide bonds. The van der Waals surface area contributed by atoms with Crippen LogP contribution in [-0.4, -0.2) is 25.9 Å². The Morgan fingerprint density at radius 1 is 1.26 bits per heavy atom. The lowest BCUT2D eigenvalue weighted by Crippen LogP contribution is -2.13. The van der Waals surface area contributed by atoms with Crippen LogP contribution in [0.2, 0.25) is 0 Å². The van der Waals surface area contributed by atoms with Crippen LogP contribution in [0.15, 0.2) is 24.3 Å². The molecular formula is C15H20O3S. The van der Waals surface area contributed by atoms with E-state index in [1.165, 1.54) is 12.7 Å². The van der Waals surface area contributed by atoms with Crippen LogP contribution in [0.3, 0.4) is 0 Å². The van der Waals surface area contributed by atoms with Gasteiger partial charge in [0.15, 0.2) is 0 Å². The summed E-state index contributed by atoms with van der Waals surface area (Å²) in [7, 11) is 3.14. The molecule has 0 radical (unpaired) electrons. The van der Waals surface area contributed by atoms with Crippen LogP contribution in [0.1, 0.15) is 24.8 Å². The van der Waals surface area contributed by atoms with Crippen LogP contribution in [0.5, 0.6) is 5.75 Å². The molecule has 104 valence electrons. The first-order valence-electron chi connectivity index (χ1n) is 6.45. The molecule has 3 nitrogen and oxygen atoms in total.